The topological polar surface area (TPSA) is 155 Å². The molecule has 1 aliphatic carbocycles. The Balaban J connectivity index is 0.684. The molecule has 4 amide bonds. The van der Waals surface area contributed by atoms with E-state index in [1.807, 2.05) is 30.3 Å². The lowest BCUT2D eigenvalue weighted by Gasteiger charge is -2.46. The summed E-state index contributed by atoms with van der Waals surface area (Å²) < 4.78 is 0. The maximum Gasteiger partial charge on any atom is 0.262 e. The summed E-state index contributed by atoms with van der Waals surface area (Å²) in [4.78, 5) is 61.9. The first-order valence-electron chi connectivity index (χ1n) is 20.5. The van der Waals surface area contributed by atoms with E-state index in [0.29, 0.717) is 34.3 Å². The summed E-state index contributed by atoms with van der Waals surface area (Å²) in [5.74, 6) is 2.16. The number of likely N-dealkylation sites (tertiary alicyclic amines) is 1. The van der Waals surface area contributed by atoms with Crippen molar-refractivity contribution in [3.05, 3.63) is 59.7 Å². The minimum Gasteiger partial charge on any atom is -0.507 e. The quantitative estimate of drug-likeness (QED) is 0.304. The molecule has 3 aromatic rings. The van der Waals surface area contributed by atoms with Crippen molar-refractivity contribution in [3.8, 4) is 17.0 Å². The summed E-state index contributed by atoms with van der Waals surface area (Å²) in [6.45, 7) is 10.5. The molecule has 3 N–H and O–H groups in total. The van der Waals surface area contributed by atoms with Crippen molar-refractivity contribution in [1.82, 2.24) is 30.2 Å². The number of aromatic hydroxyl groups is 1. The third-order valence-electron chi connectivity index (χ3n) is 13.7. The minimum atomic E-state index is -0.949. The summed E-state index contributed by atoms with van der Waals surface area (Å²) in [6.07, 6.45) is 5.10. The monoisotopic (exact) mass is 759 g/mol. The fourth-order valence-corrected chi connectivity index (χ4v) is 10.9. The summed E-state index contributed by atoms with van der Waals surface area (Å²) in [5.41, 5.74) is 4.08. The maximum atomic E-state index is 13.4. The molecule has 1 unspecified atom stereocenters. The molecule has 4 saturated heterocycles. The summed E-state index contributed by atoms with van der Waals surface area (Å²) in [5, 5.41) is 25.1. The molecule has 14 heteroatoms. The van der Waals surface area contributed by atoms with Gasteiger partial charge in [-0.3, -0.25) is 34.3 Å². The number of piperazine rings is 1. The van der Waals surface area contributed by atoms with Crippen molar-refractivity contribution in [2.45, 2.75) is 50.6 Å². The van der Waals surface area contributed by atoms with Gasteiger partial charge in [-0.1, -0.05) is 12.1 Å². The number of hydrogen-bond donors (Lipinski definition) is 3. The molecule has 56 heavy (non-hydrogen) atoms. The highest BCUT2D eigenvalue weighted by atomic mass is 16.3. The van der Waals surface area contributed by atoms with Gasteiger partial charge >= 0.3 is 0 Å². The van der Waals surface area contributed by atoms with E-state index in [2.05, 4.69) is 46.5 Å². The summed E-state index contributed by atoms with van der Waals surface area (Å²) in [6, 6.07) is 14.3. The smallest absolute Gasteiger partial charge is 0.262 e. The van der Waals surface area contributed by atoms with E-state index < -0.39 is 23.8 Å². The molecule has 0 bridgehead atoms. The van der Waals surface area contributed by atoms with E-state index in [1.165, 1.54) is 32.5 Å². The molecule has 6 aliphatic heterocycles. The van der Waals surface area contributed by atoms with Crippen LogP contribution in [0, 0.1) is 23.7 Å². The number of fused-ring (bicyclic) bond motifs is 5. The third-order valence-corrected chi connectivity index (χ3v) is 13.7. The Morgan fingerprint density at radius 3 is 2.30 bits per heavy atom. The van der Waals surface area contributed by atoms with Gasteiger partial charge in [0.25, 0.3) is 11.8 Å². The van der Waals surface area contributed by atoms with E-state index >= 15 is 0 Å². The van der Waals surface area contributed by atoms with Crippen molar-refractivity contribution in [1.29, 1.82) is 0 Å². The van der Waals surface area contributed by atoms with Crippen LogP contribution in [0.3, 0.4) is 0 Å². The number of amides is 4. The Morgan fingerprint density at radius 2 is 1.52 bits per heavy atom. The first kappa shape index (κ1) is 35.3. The van der Waals surface area contributed by atoms with Gasteiger partial charge < -0.3 is 25.1 Å². The number of phenolic OH excluding ortho intramolecular Hbond substituents is 1. The summed E-state index contributed by atoms with van der Waals surface area (Å²) in [7, 11) is 0. The first-order valence-corrected chi connectivity index (χ1v) is 20.5. The number of para-hydroxylation sites is 1. The molecule has 292 valence electrons. The number of anilines is 3. The molecule has 0 radical (unpaired) electrons. The number of rotatable bonds is 7. The SMILES string of the molecule is O=C1CCC(N2C(=O)c3ccc(N4CCC(CN5C[C@H]6C[C@H](CN7CCN8c9cc(-c%10ccccc%10O)nnc9NC[C@H]8C7)C[C@H]6C5)CC4)cc3C2=O)C(=O)N1. The number of hydrogen-bond acceptors (Lipinski definition) is 12. The second kappa shape index (κ2) is 14.1. The third kappa shape index (κ3) is 6.36. The van der Waals surface area contributed by atoms with Crippen molar-refractivity contribution in [2.24, 2.45) is 23.7 Å². The van der Waals surface area contributed by atoms with Gasteiger partial charge in [0.1, 0.15) is 11.8 Å². The predicted molar refractivity (Wildman–Crippen MR) is 209 cm³/mol. The zero-order chi connectivity index (χ0) is 38.1. The fourth-order valence-electron chi connectivity index (χ4n) is 10.9. The predicted octanol–water partition coefficient (Wildman–Crippen LogP) is 3.04. The van der Waals surface area contributed by atoms with Gasteiger partial charge in [0, 0.05) is 83.1 Å². The average Bonchev–Trinajstić information content (AvgIpc) is 3.83. The fraction of sp³-hybridized carbons (Fsp3) is 0.524. The molecule has 7 aliphatic rings. The Labute approximate surface area is 326 Å². The zero-order valence-electron chi connectivity index (χ0n) is 31.6. The van der Waals surface area contributed by atoms with Crippen molar-refractivity contribution in [3.63, 3.8) is 0 Å². The molecule has 7 heterocycles. The van der Waals surface area contributed by atoms with Crippen LogP contribution in [0.4, 0.5) is 17.2 Å². The van der Waals surface area contributed by atoms with Gasteiger partial charge in [-0.25, -0.2) is 0 Å². The van der Waals surface area contributed by atoms with Crippen LogP contribution in [-0.4, -0.2) is 131 Å². The van der Waals surface area contributed by atoms with E-state index in [-0.39, 0.29) is 24.5 Å². The molecule has 2 aromatic carbocycles. The maximum absolute atomic E-state index is 13.4. The highest BCUT2D eigenvalue weighted by molar-refractivity contribution is 6.23. The van der Waals surface area contributed by atoms with Crippen LogP contribution in [-0.2, 0) is 9.59 Å². The molecule has 5 atom stereocenters. The second-order valence-corrected chi connectivity index (χ2v) is 17.2. The molecule has 0 spiro atoms. The number of aromatic nitrogens is 2. The summed E-state index contributed by atoms with van der Waals surface area (Å²) >= 11 is 0. The number of benzene rings is 2. The van der Waals surface area contributed by atoms with Crippen LogP contribution in [0.2, 0.25) is 0 Å². The standard InChI is InChI=1S/C42H49N9O5/c52-37-4-2-1-3-32(37)34-18-36-39(46-45-34)43-19-30-24-47(13-14-50(30)36)21-26-15-27-22-48(23-28(27)16-26)20-25-9-11-49(12-10-25)29-5-6-31-33(17-29)42(56)51(41(31)55)35-7-8-38(53)44-40(35)54/h1-6,17-18,25-28,30,35,52H,7-16,19-24H2,(H,43,46)(H,44,53,54)/t26-,27+,28-,30-,35?/m0/s1. The molecule has 14 nitrogen and oxygen atoms in total. The van der Waals surface area contributed by atoms with E-state index in [9.17, 15) is 24.3 Å². The first-order chi connectivity index (χ1) is 27.3. The molecule has 1 aromatic heterocycles. The van der Waals surface area contributed by atoms with Crippen LogP contribution < -0.4 is 20.4 Å². The largest absolute Gasteiger partial charge is 0.507 e. The Morgan fingerprint density at radius 1 is 0.750 bits per heavy atom. The lowest BCUT2D eigenvalue weighted by Crippen LogP contribution is -2.58. The molecular formula is C42H49N9O5. The van der Waals surface area contributed by atoms with Gasteiger partial charge in [-0.05, 0) is 92.2 Å². The highest BCUT2D eigenvalue weighted by Crippen LogP contribution is 2.43. The number of nitrogens with one attached hydrogen (secondary N) is 2. The number of imide groups is 2. The Kier molecular flexibility index (Phi) is 8.92. The van der Waals surface area contributed by atoms with E-state index in [4.69, 9.17) is 0 Å². The Bertz CT molecular complexity index is 2070. The van der Waals surface area contributed by atoms with Crippen molar-refractivity contribution >= 4 is 40.8 Å². The van der Waals surface area contributed by atoms with Gasteiger partial charge in [-0.2, -0.15) is 0 Å². The van der Waals surface area contributed by atoms with E-state index in [0.717, 1.165) is 98.5 Å². The van der Waals surface area contributed by atoms with Crippen LogP contribution >= 0.6 is 0 Å². The van der Waals surface area contributed by atoms with Gasteiger partial charge in [0.2, 0.25) is 11.8 Å². The van der Waals surface area contributed by atoms with Crippen LogP contribution in [0.15, 0.2) is 48.5 Å². The minimum absolute atomic E-state index is 0.111. The molecular weight excluding hydrogens is 711 g/mol. The van der Waals surface area contributed by atoms with E-state index in [1.54, 1.807) is 12.1 Å². The van der Waals surface area contributed by atoms with Crippen LogP contribution in [0.1, 0.15) is 59.2 Å². The van der Waals surface area contributed by atoms with Crippen LogP contribution in [0.25, 0.3) is 11.3 Å². The molecule has 10 rings (SSSR count). The van der Waals surface area contributed by atoms with Gasteiger partial charge in [0.15, 0.2) is 5.82 Å². The lowest BCUT2D eigenvalue weighted by atomic mass is 9.95. The highest BCUT2D eigenvalue weighted by Gasteiger charge is 2.46. The number of carbonyl (C=O) groups is 4. The number of nitrogens with zero attached hydrogens (tertiary/aromatic N) is 7. The molecule has 1 saturated carbocycles. The van der Waals surface area contributed by atoms with Crippen LogP contribution in [0.5, 0.6) is 5.75 Å². The lowest BCUT2D eigenvalue weighted by molar-refractivity contribution is -0.136. The normalized spacial score (nSPS) is 28.2. The zero-order valence-corrected chi connectivity index (χ0v) is 31.6. The number of carbonyl (C=O) groups excluding carboxylic acids is 4. The Hall–Kier alpha value is -5.08. The average molecular weight is 760 g/mol. The second-order valence-electron chi connectivity index (χ2n) is 17.2. The van der Waals surface area contributed by atoms with Gasteiger partial charge in [0.05, 0.1) is 28.6 Å². The number of piperidine rings is 2. The molecule has 5 fully saturated rings. The van der Waals surface area contributed by atoms with Crippen molar-refractivity contribution in [2.75, 3.05) is 80.6 Å². The number of phenols is 1. The van der Waals surface area contributed by atoms with Crippen molar-refractivity contribution < 1.29 is 24.3 Å². The van der Waals surface area contributed by atoms with Gasteiger partial charge in [-0.15, -0.1) is 10.2 Å².